The van der Waals surface area contributed by atoms with Crippen LogP contribution in [0.15, 0.2) is 47.4 Å². The molecule has 0 amide bonds. The van der Waals surface area contributed by atoms with Crippen molar-refractivity contribution in [3.05, 3.63) is 59.3 Å². The number of phenolic OH excluding ortho intramolecular Hbond substituents is 1. The van der Waals surface area contributed by atoms with E-state index in [0.29, 0.717) is 29.8 Å². The first-order valence-electron chi connectivity index (χ1n) is 8.06. The molecule has 0 saturated carbocycles. The maximum absolute atomic E-state index is 11.7. The second kappa shape index (κ2) is 5.93. The Kier molecular flexibility index (Phi) is 3.79. The van der Waals surface area contributed by atoms with E-state index >= 15 is 0 Å². The number of aryl methyl sites for hydroxylation is 1. The average Bonchev–Trinajstić information content (AvgIpc) is 3.01. The molecule has 0 radical (unpaired) electrons. The number of rotatable bonds is 3. The summed E-state index contributed by atoms with van der Waals surface area (Å²) in [5.41, 5.74) is 3.37. The highest BCUT2D eigenvalue weighted by Gasteiger charge is 2.29. The van der Waals surface area contributed by atoms with Crippen molar-refractivity contribution >= 4 is 16.0 Å². The number of nitrogens with two attached hydrogens (primary N) is 1. The van der Waals surface area contributed by atoms with E-state index in [0.717, 1.165) is 11.1 Å². The van der Waals surface area contributed by atoms with Gasteiger partial charge in [-0.25, -0.2) is 23.0 Å². The molecule has 0 saturated heterocycles. The number of primary sulfonamides is 1. The number of benzene rings is 2. The third-order valence-corrected chi connectivity index (χ3v) is 5.51. The van der Waals surface area contributed by atoms with Crippen LogP contribution in [0.1, 0.15) is 21.6 Å². The number of hydrogen-bond donors (Lipinski definition) is 3. The fourth-order valence-electron chi connectivity index (χ4n) is 3.38. The van der Waals surface area contributed by atoms with Gasteiger partial charge in [-0.1, -0.05) is 0 Å². The average molecular weight is 385 g/mol. The summed E-state index contributed by atoms with van der Waals surface area (Å²) < 4.78 is 24.4. The quantitative estimate of drug-likeness (QED) is 0.628. The predicted molar refractivity (Wildman–Crippen MR) is 96.4 cm³/mol. The molecule has 1 aromatic heterocycles. The van der Waals surface area contributed by atoms with Gasteiger partial charge in [0.05, 0.1) is 16.3 Å². The van der Waals surface area contributed by atoms with Crippen molar-refractivity contribution in [1.29, 1.82) is 0 Å². The van der Waals surface area contributed by atoms with Crippen molar-refractivity contribution in [3.63, 3.8) is 0 Å². The van der Waals surface area contributed by atoms with E-state index in [2.05, 4.69) is 5.10 Å². The third kappa shape index (κ3) is 2.86. The van der Waals surface area contributed by atoms with Gasteiger partial charge in [0.15, 0.2) is 5.69 Å². The number of carboxylic acids is 1. The van der Waals surface area contributed by atoms with Crippen molar-refractivity contribution in [2.24, 2.45) is 5.14 Å². The lowest BCUT2D eigenvalue weighted by atomic mass is 9.88. The molecule has 0 bridgehead atoms. The maximum atomic E-state index is 11.7. The molecule has 8 nitrogen and oxygen atoms in total. The van der Waals surface area contributed by atoms with Crippen LogP contribution >= 0.6 is 0 Å². The molecule has 4 rings (SSSR count). The molecule has 3 aromatic rings. The molecule has 1 heterocycles. The number of fused-ring (bicyclic) bond motifs is 3. The Balaban J connectivity index is 1.95. The lowest BCUT2D eigenvalue weighted by Crippen LogP contribution is -2.12. The standard InChI is InChI=1S/C18H15N3O5S/c19-27(25,26)13-5-2-11(3-6-13)21-17-14-8-4-12(22)9-10(14)1-7-15(17)16(20-21)18(23)24/h2-6,8-9,22H,1,7H2,(H,23,24)(H2,19,25,26). The van der Waals surface area contributed by atoms with Crippen LogP contribution in [0, 0.1) is 0 Å². The summed E-state index contributed by atoms with van der Waals surface area (Å²) in [5.74, 6) is -0.993. The van der Waals surface area contributed by atoms with Gasteiger partial charge >= 0.3 is 5.97 Å². The molecular formula is C18H15N3O5S. The van der Waals surface area contributed by atoms with E-state index < -0.39 is 16.0 Å². The van der Waals surface area contributed by atoms with Crippen molar-refractivity contribution in [3.8, 4) is 22.7 Å². The van der Waals surface area contributed by atoms with E-state index in [4.69, 9.17) is 5.14 Å². The summed E-state index contributed by atoms with van der Waals surface area (Å²) in [4.78, 5) is 11.6. The highest BCUT2D eigenvalue weighted by molar-refractivity contribution is 7.89. The number of aromatic nitrogens is 2. The minimum atomic E-state index is -3.83. The summed E-state index contributed by atoms with van der Waals surface area (Å²) in [6.45, 7) is 0. The molecule has 0 spiro atoms. The Bertz CT molecular complexity index is 1180. The van der Waals surface area contributed by atoms with Gasteiger partial charge in [-0.05, 0) is 60.9 Å². The predicted octanol–water partition coefficient (Wildman–Crippen LogP) is 1.69. The molecule has 1 aliphatic rings. The van der Waals surface area contributed by atoms with Gasteiger partial charge in [-0.2, -0.15) is 5.10 Å². The van der Waals surface area contributed by atoms with Crippen molar-refractivity contribution in [1.82, 2.24) is 9.78 Å². The first kappa shape index (κ1) is 17.3. The molecule has 2 aromatic carbocycles. The molecule has 27 heavy (non-hydrogen) atoms. The molecule has 0 atom stereocenters. The van der Waals surface area contributed by atoms with E-state index in [1.165, 1.54) is 35.0 Å². The lowest BCUT2D eigenvalue weighted by Gasteiger charge is -2.19. The molecule has 4 N–H and O–H groups in total. The minimum absolute atomic E-state index is 0.0424. The number of phenols is 1. The first-order valence-corrected chi connectivity index (χ1v) is 9.61. The summed E-state index contributed by atoms with van der Waals surface area (Å²) in [6, 6.07) is 10.7. The molecule has 9 heteroatoms. The summed E-state index contributed by atoms with van der Waals surface area (Å²) in [6.07, 6.45) is 1.07. The van der Waals surface area contributed by atoms with Gasteiger partial charge in [0.25, 0.3) is 0 Å². The zero-order chi connectivity index (χ0) is 19.3. The van der Waals surface area contributed by atoms with E-state index in [1.807, 2.05) is 0 Å². The zero-order valence-electron chi connectivity index (χ0n) is 14.0. The van der Waals surface area contributed by atoms with Crippen LogP contribution in [-0.4, -0.2) is 34.4 Å². The summed E-state index contributed by atoms with van der Waals surface area (Å²) in [7, 11) is -3.83. The molecule has 0 unspecified atom stereocenters. The minimum Gasteiger partial charge on any atom is -0.508 e. The number of hydrogen-bond acceptors (Lipinski definition) is 5. The number of carboxylic acid groups (broad SMARTS) is 1. The van der Waals surface area contributed by atoms with Crippen molar-refractivity contribution in [2.45, 2.75) is 17.7 Å². The largest absolute Gasteiger partial charge is 0.508 e. The van der Waals surface area contributed by atoms with Gasteiger partial charge < -0.3 is 10.2 Å². The van der Waals surface area contributed by atoms with Gasteiger partial charge in [0, 0.05) is 11.1 Å². The fourth-order valence-corrected chi connectivity index (χ4v) is 3.89. The molecule has 138 valence electrons. The monoisotopic (exact) mass is 385 g/mol. The highest BCUT2D eigenvalue weighted by Crippen LogP contribution is 2.38. The number of carbonyl (C=O) groups is 1. The van der Waals surface area contributed by atoms with Gasteiger partial charge in [0.1, 0.15) is 5.75 Å². The number of aromatic carboxylic acids is 1. The SMILES string of the molecule is NS(=O)(=O)c1ccc(-n2nc(C(=O)O)c3c2-c2ccc(O)cc2CC3)cc1. The van der Waals surface area contributed by atoms with Crippen molar-refractivity contribution in [2.75, 3.05) is 0 Å². The van der Waals surface area contributed by atoms with Crippen LogP contribution in [0.4, 0.5) is 0 Å². The fraction of sp³-hybridized carbons (Fsp3) is 0.111. The summed E-state index contributed by atoms with van der Waals surface area (Å²) in [5, 5.41) is 28.6. The molecule has 1 aliphatic carbocycles. The van der Waals surface area contributed by atoms with Crippen LogP contribution < -0.4 is 5.14 Å². The molecular weight excluding hydrogens is 370 g/mol. The lowest BCUT2D eigenvalue weighted by molar-refractivity contribution is 0.0688. The van der Waals surface area contributed by atoms with Gasteiger partial charge in [0.2, 0.25) is 10.0 Å². The van der Waals surface area contributed by atoms with E-state index in [9.17, 15) is 23.4 Å². The number of sulfonamides is 1. The number of aromatic hydroxyl groups is 1. The number of nitrogens with zero attached hydrogens (tertiary/aromatic N) is 2. The van der Waals surface area contributed by atoms with Crippen LogP contribution in [0.25, 0.3) is 16.9 Å². The Morgan fingerprint density at radius 3 is 2.44 bits per heavy atom. The highest BCUT2D eigenvalue weighted by atomic mass is 32.2. The Labute approximate surface area is 154 Å². The van der Waals surface area contributed by atoms with Gasteiger partial charge in [-0.15, -0.1) is 0 Å². The smallest absolute Gasteiger partial charge is 0.356 e. The van der Waals surface area contributed by atoms with Gasteiger partial charge in [-0.3, -0.25) is 0 Å². The van der Waals surface area contributed by atoms with Crippen molar-refractivity contribution < 1.29 is 23.4 Å². The maximum Gasteiger partial charge on any atom is 0.356 e. The topological polar surface area (TPSA) is 136 Å². The second-order valence-electron chi connectivity index (χ2n) is 6.27. The van der Waals surface area contributed by atoms with Crippen LogP contribution in [-0.2, 0) is 22.9 Å². The Hall–Kier alpha value is -3.17. The molecule has 0 aliphatic heterocycles. The first-order chi connectivity index (χ1) is 12.8. The summed E-state index contributed by atoms with van der Waals surface area (Å²) >= 11 is 0. The van der Waals surface area contributed by atoms with Crippen LogP contribution in [0.5, 0.6) is 5.75 Å². The van der Waals surface area contributed by atoms with Crippen LogP contribution in [0.3, 0.4) is 0 Å². The second-order valence-corrected chi connectivity index (χ2v) is 7.83. The Morgan fingerprint density at radius 2 is 1.81 bits per heavy atom. The van der Waals surface area contributed by atoms with E-state index in [-0.39, 0.29) is 16.3 Å². The zero-order valence-corrected chi connectivity index (χ0v) is 14.8. The van der Waals surface area contributed by atoms with Crippen LogP contribution in [0.2, 0.25) is 0 Å². The van der Waals surface area contributed by atoms with E-state index in [1.54, 1.807) is 12.1 Å². The Morgan fingerprint density at radius 1 is 1.11 bits per heavy atom. The third-order valence-electron chi connectivity index (χ3n) is 4.58. The molecule has 0 fully saturated rings. The normalized spacial score (nSPS) is 13.1.